The lowest BCUT2D eigenvalue weighted by Gasteiger charge is -2.26. The van der Waals surface area contributed by atoms with E-state index in [9.17, 15) is 71.2 Å². The predicted molar refractivity (Wildman–Crippen MR) is 259 cm³/mol. The highest BCUT2D eigenvalue weighted by atomic mass is 32.2. The number of anilines is 3. The van der Waals surface area contributed by atoms with Crippen LogP contribution in [0.25, 0.3) is 33.5 Å². The number of nitrogens with two attached hydrogens (primary N) is 3. The Balaban J connectivity index is 0.881. The molecule has 3 fully saturated rings. The number of phosphoric ester groups is 3. The van der Waals surface area contributed by atoms with Gasteiger partial charge in [0.1, 0.15) is 54.6 Å². The number of aromatic nitrogens is 12. The molecule has 0 amide bonds. The summed E-state index contributed by atoms with van der Waals surface area (Å²) in [6.45, 7) is -3.49. The highest BCUT2D eigenvalue weighted by molar-refractivity contribution is 7.89. The van der Waals surface area contributed by atoms with E-state index in [4.69, 9.17) is 54.2 Å². The zero-order valence-corrected chi connectivity index (χ0v) is 45.3. The van der Waals surface area contributed by atoms with Crippen LogP contribution in [0.15, 0.2) is 34.9 Å². The van der Waals surface area contributed by atoms with Crippen molar-refractivity contribution < 1.29 is 112 Å². The Kier molecular flexibility index (Phi) is 16.5. The Morgan fingerprint density at radius 3 is 1.89 bits per heavy atom. The summed E-state index contributed by atoms with van der Waals surface area (Å²) >= 11 is 0. The van der Waals surface area contributed by atoms with Crippen molar-refractivity contribution in [3.63, 3.8) is 0 Å². The molecule has 3 aliphatic heterocycles. The van der Waals surface area contributed by atoms with Crippen LogP contribution in [0.1, 0.15) is 18.7 Å². The molecule has 80 heavy (non-hydrogen) atoms. The summed E-state index contributed by atoms with van der Waals surface area (Å²) in [6.07, 6.45) is -14.2. The Morgan fingerprint density at radius 1 is 0.688 bits per heavy atom. The van der Waals surface area contributed by atoms with E-state index in [1.165, 1.54) is 22.5 Å². The minimum Gasteiger partial charge on any atom is -0.387 e. The van der Waals surface area contributed by atoms with Gasteiger partial charge in [-0.25, -0.2) is 55.9 Å². The Morgan fingerprint density at radius 2 is 1.24 bits per heavy atom. The Bertz CT molecular complexity index is 3770. The second-order valence-corrected chi connectivity index (χ2v) is 25.6. The number of rotatable bonds is 22. The zero-order valence-electron chi connectivity index (χ0n) is 40.9. The summed E-state index contributed by atoms with van der Waals surface area (Å²) in [5.41, 5.74) is 15.3. The maximum atomic E-state index is 13.7. The highest BCUT2D eigenvalue weighted by Gasteiger charge is 2.54. The van der Waals surface area contributed by atoms with Crippen LogP contribution in [0.5, 0.6) is 0 Å². The van der Waals surface area contributed by atoms with Gasteiger partial charge in [0.15, 0.2) is 35.1 Å². The molecule has 0 bridgehead atoms. The number of hydrogen-bond donors (Lipinski definition) is 13. The number of imidazole rings is 3. The van der Waals surface area contributed by atoms with Crippen LogP contribution in [-0.2, 0) is 81.0 Å². The molecule has 0 radical (unpaired) electrons. The normalized spacial score (nSPS) is 29.5. The topological polar surface area (TPSA) is 588 Å². The van der Waals surface area contributed by atoms with Gasteiger partial charge in [-0.05, 0) is 7.05 Å². The number of nitrogen functional groups attached to an aromatic ring is 3. The van der Waals surface area contributed by atoms with E-state index in [1.54, 1.807) is 0 Å². The minimum atomic E-state index is -6.29. The predicted octanol–water partition coefficient (Wildman–Crippen LogP) is -4.91. The number of aryl methyl sites for hydroxylation is 1. The van der Waals surface area contributed by atoms with E-state index in [1.807, 2.05) is 4.72 Å². The minimum absolute atomic E-state index is 0.00875. The number of nitrogens with one attached hydrogen (secondary N) is 3. The first-order valence-corrected chi connectivity index (χ1v) is 30.3. The van der Waals surface area contributed by atoms with E-state index < -0.39 is 151 Å². The van der Waals surface area contributed by atoms with Crippen molar-refractivity contribution in [1.82, 2.24) is 58.3 Å². The van der Waals surface area contributed by atoms with Crippen LogP contribution in [0.2, 0.25) is 0 Å². The van der Waals surface area contributed by atoms with Gasteiger partial charge < -0.3 is 71.0 Å². The maximum absolute atomic E-state index is 13.7. The molecular weight excluding hydrogens is 1190 g/mol. The largest absolute Gasteiger partial charge is 0.490 e. The number of aliphatic hydroxyl groups is 3. The van der Waals surface area contributed by atoms with Crippen LogP contribution >= 0.6 is 31.3 Å². The van der Waals surface area contributed by atoms with E-state index >= 15 is 0 Å². The van der Waals surface area contributed by atoms with Gasteiger partial charge in [-0.15, -0.1) is 0 Å². The van der Waals surface area contributed by atoms with E-state index in [0.29, 0.717) is 0 Å². The third kappa shape index (κ3) is 12.1. The van der Waals surface area contributed by atoms with Gasteiger partial charge in [-0.2, -0.15) is 23.2 Å². The number of ether oxygens (including phenoxy) is 4. The first kappa shape index (κ1) is 59.4. The van der Waals surface area contributed by atoms with Crippen molar-refractivity contribution >= 4 is 92.5 Å². The van der Waals surface area contributed by atoms with Gasteiger partial charge >= 0.3 is 36.9 Å². The third-order valence-electron chi connectivity index (χ3n) is 12.5. The van der Waals surface area contributed by atoms with Crippen molar-refractivity contribution in [3.05, 3.63) is 46.0 Å². The maximum Gasteiger partial charge on any atom is 0.490 e. The van der Waals surface area contributed by atoms with Gasteiger partial charge in [0, 0.05) is 13.0 Å². The van der Waals surface area contributed by atoms with Crippen LogP contribution < -0.4 is 37.6 Å². The number of hydrogen-bond acceptors (Lipinski definition) is 30. The molecule has 3 saturated heterocycles. The molecule has 0 aliphatic carbocycles. The molecule has 6 aromatic heterocycles. The molecule has 46 heteroatoms. The molecular formula is C34H49N16O25P4S+. The number of aromatic amines is 2. The lowest BCUT2D eigenvalue weighted by molar-refractivity contribution is -0.646. The number of H-pyrrole nitrogens is 2. The summed E-state index contributed by atoms with van der Waals surface area (Å²) in [5, 5.41) is 33.1. The molecule has 0 aromatic carbocycles. The fraction of sp³-hybridized carbons (Fsp3) is 0.559. The van der Waals surface area contributed by atoms with E-state index in [0.717, 1.165) is 42.3 Å². The molecule has 3 aliphatic rings. The van der Waals surface area contributed by atoms with Crippen molar-refractivity contribution in [3.8, 4) is 0 Å². The van der Waals surface area contributed by atoms with Gasteiger partial charge in [-0.3, -0.25) is 46.8 Å². The number of aliphatic hydroxyl groups excluding tert-OH is 3. The van der Waals surface area contributed by atoms with Gasteiger partial charge in [0.25, 0.3) is 16.7 Å². The summed E-state index contributed by atoms with van der Waals surface area (Å²) in [6, 6.07) is 0. The van der Waals surface area contributed by atoms with E-state index in [-0.39, 0.29) is 51.2 Å². The average molecular weight is 1240 g/mol. The van der Waals surface area contributed by atoms with Gasteiger partial charge in [0.2, 0.25) is 34.5 Å². The van der Waals surface area contributed by atoms with Crippen LogP contribution in [0, 0.1) is 5.92 Å². The zero-order chi connectivity index (χ0) is 58.2. The smallest absolute Gasteiger partial charge is 0.387 e. The second kappa shape index (κ2) is 22.2. The fourth-order valence-electron chi connectivity index (χ4n) is 8.92. The lowest BCUT2D eigenvalue weighted by Crippen LogP contribution is -2.38. The third-order valence-corrected chi connectivity index (χ3v) is 19.1. The molecule has 16 N–H and O–H groups in total. The number of fused-ring (bicyclic) bond motifs is 3. The Hall–Kier alpha value is -5.20. The average Bonchev–Trinajstić information content (AvgIpc) is 4.43. The monoisotopic (exact) mass is 1240 g/mol. The number of phosphoric acid groups is 4. The summed E-state index contributed by atoms with van der Waals surface area (Å²) in [5.74, 6) is -3.20. The quantitative estimate of drug-likeness (QED) is 0.0224. The van der Waals surface area contributed by atoms with Crippen LogP contribution in [-0.4, -0.2) is 185 Å². The van der Waals surface area contributed by atoms with Gasteiger partial charge in [0.05, 0.1) is 51.4 Å². The van der Waals surface area contributed by atoms with Crippen LogP contribution in [0.4, 0.5) is 17.7 Å². The molecule has 16 atom stereocenters. The molecule has 5 unspecified atom stereocenters. The molecule has 0 saturated carbocycles. The molecule has 0 spiro atoms. The SMILES string of the molecule is CNS(=O)(=O)C[C@@H]1[C@@H](COP(=O)(O)OP(=O)(O)OP(=O)(O)OC[C@H]2O[C@@H](n3cnc4c(N)ncnc43)[C@H](OC)[C@@H]2OP(=O)(O)OC[C@H]2O[C@@H](n3cnc4c(=O)[nH]c(N)nc43)[C@H](O)[C@@H]2O)OC(n2c[n+](C)c3c(=O)[nH]c(N)nc32)[C@@H]1O. The van der Waals surface area contributed by atoms with Gasteiger partial charge in [-0.1, -0.05) is 0 Å². The first-order chi connectivity index (χ1) is 37.4. The number of methoxy groups -OCH3 is 1. The summed E-state index contributed by atoms with van der Waals surface area (Å²) in [7, 11) is -24.4. The standard InChI is InChI=1S/C34H48N16O25P4S/c1-38-80(64,65)7-12-13(70-30(19(12)51)50-11-47(2)18-27(50)44-34(37)46-29(18)55)4-68-77(58,59)74-79(62,63)75-78(60,61)69-6-15-22(23(66-3)32(72-15)48-9-41-16-24(35)39-8-40-25(16)48)73-76(56,57)67-5-14-20(52)21(53)31(71-14)49-10-42-17-26(49)43-33(36)45-28(17)54/h8-15,19-23,30-32,38,51-53H,4-7H2,1-3H3,(H11-,35,36,37,39,40,43,44,45,46,54,55,56,57,58,59,60,61,62,63)/p+1/t12-,13-,14-,15-,19-,20-,21-,22-,23-,30?,31-,32-/m1/s1. The molecule has 9 rings (SSSR count). The van der Waals surface area contributed by atoms with E-state index in [2.05, 4.69) is 48.5 Å². The Labute approximate surface area is 444 Å². The first-order valence-electron chi connectivity index (χ1n) is 22.6. The summed E-state index contributed by atoms with van der Waals surface area (Å²) < 4.78 is 137. The highest BCUT2D eigenvalue weighted by Crippen LogP contribution is 2.68. The molecule has 6 aromatic rings. The second-order valence-electron chi connectivity index (χ2n) is 17.6. The number of sulfonamides is 1. The molecule has 41 nitrogen and oxygen atoms in total. The molecule has 440 valence electrons. The van der Waals surface area contributed by atoms with Crippen molar-refractivity contribution in [2.75, 3.05) is 56.9 Å². The van der Waals surface area contributed by atoms with Crippen molar-refractivity contribution in [2.45, 2.75) is 67.5 Å². The fourth-order valence-corrected chi connectivity index (χ4v) is 14.5. The van der Waals surface area contributed by atoms with Crippen molar-refractivity contribution in [2.24, 2.45) is 13.0 Å². The summed E-state index contributed by atoms with van der Waals surface area (Å²) in [4.78, 5) is 96.4. The molecule has 9 heterocycles. The van der Waals surface area contributed by atoms with Crippen molar-refractivity contribution in [1.29, 1.82) is 0 Å². The lowest BCUT2D eigenvalue weighted by atomic mass is 10.0. The van der Waals surface area contributed by atoms with Crippen LogP contribution in [0.3, 0.4) is 0 Å². The number of nitrogens with zero attached hydrogens (tertiary/aromatic N) is 10.